The maximum atomic E-state index is 10.9. The van der Waals surface area contributed by atoms with Crippen LogP contribution in [0.1, 0.15) is 21.5 Å². The number of ether oxygens (including phenoxy) is 1. The fourth-order valence-corrected chi connectivity index (χ4v) is 2.07. The van der Waals surface area contributed by atoms with Crippen LogP contribution in [0.25, 0.3) is 11.1 Å². The first-order valence-corrected chi connectivity index (χ1v) is 5.86. The summed E-state index contributed by atoms with van der Waals surface area (Å²) in [7, 11) is 1.66. The first-order valence-electron chi connectivity index (χ1n) is 5.86. The molecule has 0 spiro atoms. The highest BCUT2D eigenvalue weighted by Gasteiger charge is 2.07. The van der Waals surface area contributed by atoms with E-state index in [1.54, 1.807) is 7.11 Å². The Labute approximate surface area is 107 Å². The third-order valence-electron chi connectivity index (χ3n) is 3.12. The number of carbonyl (C=O) groups excluding carboxylic acids is 1. The normalized spacial score (nSPS) is 10.2. The summed E-state index contributed by atoms with van der Waals surface area (Å²) in [6, 6.07) is 11.7. The van der Waals surface area contributed by atoms with Gasteiger partial charge in [-0.2, -0.15) is 0 Å². The van der Waals surface area contributed by atoms with Crippen LogP contribution in [-0.4, -0.2) is 13.4 Å². The Balaban J connectivity index is 2.57. The van der Waals surface area contributed by atoms with Gasteiger partial charge in [0, 0.05) is 5.56 Å². The van der Waals surface area contributed by atoms with Crippen LogP contribution in [0.2, 0.25) is 0 Å². The Morgan fingerprint density at radius 1 is 0.944 bits per heavy atom. The minimum atomic E-state index is 0.700. The van der Waals surface area contributed by atoms with Crippen molar-refractivity contribution < 1.29 is 9.53 Å². The molecule has 0 aromatic heterocycles. The van der Waals surface area contributed by atoms with Gasteiger partial charge in [0.25, 0.3) is 0 Å². The zero-order valence-corrected chi connectivity index (χ0v) is 10.9. The van der Waals surface area contributed by atoms with Crippen molar-refractivity contribution in [1.82, 2.24) is 0 Å². The van der Waals surface area contributed by atoms with E-state index < -0.39 is 0 Å². The summed E-state index contributed by atoms with van der Waals surface area (Å²) in [5.74, 6) is 0.848. The van der Waals surface area contributed by atoms with Gasteiger partial charge in [-0.25, -0.2) is 0 Å². The van der Waals surface area contributed by atoms with Gasteiger partial charge in [0.05, 0.1) is 7.11 Å². The van der Waals surface area contributed by atoms with Gasteiger partial charge in [-0.3, -0.25) is 4.79 Å². The molecule has 18 heavy (non-hydrogen) atoms. The van der Waals surface area contributed by atoms with Crippen molar-refractivity contribution in [2.45, 2.75) is 13.8 Å². The molecule has 0 saturated heterocycles. The number of hydrogen-bond donors (Lipinski definition) is 0. The highest BCUT2D eigenvalue weighted by atomic mass is 16.5. The molecule has 0 aliphatic rings. The predicted molar refractivity (Wildman–Crippen MR) is 73.3 cm³/mol. The Morgan fingerprint density at radius 3 is 2.33 bits per heavy atom. The second kappa shape index (κ2) is 5.05. The lowest BCUT2D eigenvalue weighted by Gasteiger charge is -2.11. The molecule has 2 heteroatoms. The predicted octanol–water partition coefficient (Wildman–Crippen LogP) is 3.79. The summed E-state index contributed by atoms with van der Waals surface area (Å²) in [6.45, 7) is 4.10. The number of hydrogen-bond acceptors (Lipinski definition) is 2. The molecular weight excluding hydrogens is 224 g/mol. The standard InChI is InChI=1S/C16H16O2/c1-11-4-5-13(10-17)9-16(11)15-7-6-14(18-3)8-12(15)2/h4-10H,1-3H3. The number of rotatable bonds is 3. The fourth-order valence-electron chi connectivity index (χ4n) is 2.07. The summed E-state index contributed by atoms with van der Waals surface area (Å²) in [6.07, 6.45) is 0.877. The van der Waals surface area contributed by atoms with Crippen molar-refractivity contribution >= 4 is 6.29 Å². The second-order valence-electron chi connectivity index (χ2n) is 4.37. The smallest absolute Gasteiger partial charge is 0.150 e. The molecule has 92 valence electrons. The van der Waals surface area contributed by atoms with Gasteiger partial charge in [-0.15, -0.1) is 0 Å². The van der Waals surface area contributed by atoms with E-state index in [9.17, 15) is 4.79 Å². The molecule has 2 aromatic rings. The van der Waals surface area contributed by atoms with E-state index in [2.05, 4.69) is 0 Å². The van der Waals surface area contributed by atoms with Crippen LogP contribution < -0.4 is 4.74 Å². The average Bonchev–Trinajstić information content (AvgIpc) is 2.39. The first kappa shape index (κ1) is 12.4. The van der Waals surface area contributed by atoms with E-state index >= 15 is 0 Å². The van der Waals surface area contributed by atoms with E-state index in [-0.39, 0.29) is 0 Å². The molecule has 0 aliphatic heterocycles. The van der Waals surface area contributed by atoms with E-state index in [0.717, 1.165) is 34.3 Å². The number of benzene rings is 2. The molecule has 2 aromatic carbocycles. The van der Waals surface area contributed by atoms with Gasteiger partial charge in [0.2, 0.25) is 0 Å². The van der Waals surface area contributed by atoms with Gasteiger partial charge < -0.3 is 4.74 Å². The van der Waals surface area contributed by atoms with Crippen molar-refractivity contribution in [2.75, 3.05) is 7.11 Å². The molecule has 0 N–H and O–H groups in total. The molecule has 0 saturated carbocycles. The maximum Gasteiger partial charge on any atom is 0.150 e. The molecule has 0 fully saturated rings. The van der Waals surface area contributed by atoms with Crippen molar-refractivity contribution in [3.8, 4) is 16.9 Å². The van der Waals surface area contributed by atoms with Crippen LogP contribution in [0, 0.1) is 13.8 Å². The van der Waals surface area contributed by atoms with E-state index in [1.165, 1.54) is 0 Å². The van der Waals surface area contributed by atoms with Gasteiger partial charge in [0.15, 0.2) is 0 Å². The van der Waals surface area contributed by atoms with Crippen molar-refractivity contribution in [2.24, 2.45) is 0 Å². The Kier molecular flexibility index (Phi) is 3.47. The highest BCUT2D eigenvalue weighted by Crippen LogP contribution is 2.29. The fraction of sp³-hybridized carbons (Fsp3) is 0.188. The summed E-state index contributed by atoms with van der Waals surface area (Å²) < 4.78 is 5.20. The van der Waals surface area contributed by atoms with E-state index in [4.69, 9.17) is 4.74 Å². The monoisotopic (exact) mass is 240 g/mol. The molecule has 0 aliphatic carbocycles. The first-order chi connectivity index (χ1) is 8.65. The zero-order chi connectivity index (χ0) is 13.1. The summed E-state index contributed by atoms with van der Waals surface area (Å²) in [4.78, 5) is 10.9. The summed E-state index contributed by atoms with van der Waals surface area (Å²) >= 11 is 0. The van der Waals surface area contributed by atoms with Crippen LogP contribution >= 0.6 is 0 Å². The van der Waals surface area contributed by atoms with E-state index in [0.29, 0.717) is 5.56 Å². The van der Waals surface area contributed by atoms with Gasteiger partial charge in [-0.1, -0.05) is 18.2 Å². The van der Waals surface area contributed by atoms with Crippen LogP contribution in [0.15, 0.2) is 36.4 Å². The van der Waals surface area contributed by atoms with Gasteiger partial charge in [-0.05, 0) is 54.3 Å². The van der Waals surface area contributed by atoms with Crippen molar-refractivity contribution in [1.29, 1.82) is 0 Å². The lowest BCUT2D eigenvalue weighted by Crippen LogP contribution is -1.91. The Bertz CT molecular complexity index is 586. The van der Waals surface area contributed by atoms with Crippen LogP contribution in [0.5, 0.6) is 5.75 Å². The molecular formula is C16H16O2. The lowest BCUT2D eigenvalue weighted by molar-refractivity contribution is 0.112. The Hall–Kier alpha value is -2.09. The van der Waals surface area contributed by atoms with Crippen LogP contribution in [0.3, 0.4) is 0 Å². The zero-order valence-electron chi connectivity index (χ0n) is 10.9. The number of methoxy groups -OCH3 is 1. The average molecular weight is 240 g/mol. The molecule has 0 atom stereocenters. The van der Waals surface area contributed by atoms with Crippen molar-refractivity contribution in [3.05, 3.63) is 53.1 Å². The summed E-state index contributed by atoms with van der Waals surface area (Å²) in [5.41, 5.74) is 5.23. The minimum absolute atomic E-state index is 0.700. The van der Waals surface area contributed by atoms with Crippen molar-refractivity contribution in [3.63, 3.8) is 0 Å². The molecule has 2 nitrogen and oxygen atoms in total. The highest BCUT2D eigenvalue weighted by molar-refractivity contribution is 5.81. The van der Waals surface area contributed by atoms with E-state index in [1.807, 2.05) is 50.2 Å². The molecule has 0 unspecified atom stereocenters. The third-order valence-corrected chi connectivity index (χ3v) is 3.12. The molecule has 0 radical (unpaired) electrons. The number of carbonyl (C=O) groups is 1. The number of aryl methyl sites for hydroxylation is 2. The topological polar surface area (TPSA) is 26.3 Å². The third kappa shape index (κ3) is 2.28. The lowest BCUT2D eigenvalue weighted by atomic mass is 9.95. The quantitative estimate of drug-likeness (QED) is 0.763. The summed E-state index contributed by atoms with van der Waals surface area (Å²) in [5, 5.41) is 0. The van der Waals surface area contributed by atoms with Gasteiger partial charge in [0.1, 0.15) is 12.0 Å². The molecule has 0 bridgehead atoms. The molecule has 0 amide bonds. The Morgan fingerprint density at radius 2 is 1.72 bits per heavy atom. The molecule has 0 heterocycles. The van der Waals surface area contributed by atoms with Crippen LogP contribution in [0.4, 0.5) is 0 Å². The number of aldehydes is 1. The maximum absolute atomic E-state index is 10.9. The van der Waals surface area contributed by atoms with Crippen LogP contribution in [-0.2, 0) is 0 Å². The SMILES string of the molecule is COc1ccc(-c2cc(C=O)ccc2C)c(C)c1. The van der Waals surface area contributed by atoms with Gasteiger partial charge >= 0.3 is 0 Å². The second-order valence-corrected chi connectivity index (χ2v) is 4.37. The molecule has 2 rings (SSSR count). The minimum Gasteiger partial charge on any atom is -0.497 e. The largest absolute Gasteiger partial charge is 0.497 e.